The number of rotatable bonds is 8. The summed E-state index contributed by atoms with van der Waals surface area (Å²) >= 11 is 39.5. The average molecular weight is 465 g/mol. The van der Waals surface area contributed by atoms with Crippen molar-refractivity contribution >= 4 is 82.2 Å². The maximum Gasteiger partial charge on any atom is 0.0693 e. The summed E-state index contributed by atoms with van der Waals surface area (Å²) in [7, 11) is 0. The largest absolute Gasteiger partial charge is 0.179 e. The van der Waals surface area contributed by atoms with Crippen LogP contribution in [0, 0.1) is 0 Å². The molecule has 0 nitrogen and oxygen atoms in total. The predicted octanol–water partition coefficient (Wildman–Crippen LogP) is 7.70. The molecule has 0 saturated heterocycles. The van der Waals surface area contributed by atoms with Gasteiger partial charge in [0.15, 0.2) is 0 Å². The SMILES string of the molecule is CCCCCCCCCCS.Cl[C@H]1[C@H](Cl)[C@@H](Cl)[C@@H](Cl)[C@H](Cl)[C@H]1Cl. The van der Waals surface area contributed by atoms with Crippen molar-refractivity contribution in [3.63, 3.8) is 0 Å². The Balaban J connectivity index is 0.000000423. The molecule has 1 saturated carbocycles. The molecular formula is C16H28Cl6S. The van der Waals surface area contributed by atoms with E-state index in [1.807, 2.05) is 0 Å². The molecule has 0 bridgehead atoms. The minimum atomic E-state index is -0.437. The van der Waals surface area contributed by atoms with Crippen molar-refractivity contribution in [1.29, 1.82) is 0 Å². The molecule has 0 unspecified atom stereocenters. The van der Waals surface area contributed by atoms with Gasteiger partial charge in [-0.25, -0.2) is 0 Å². The van der Waals surface area contributed by atoms with Crippen LogP contribution in [0.2, 0.25) is 0 Å². The van der Waals surface area contributed by atoms with Gasteiger partial charge < -0.3 is 0 Å². The van der Waals surface area contributed by atoms with Gasteiger partial charge in [-0.05, 0) is 12.2 Å². The smallest absolute Gasteiger partial charge is 0.0693 e. The second-order valence-corrected chi connectivity index (χ2v) is 9.34. The maximum absolute atomic E-state index is 5.88. The lowest BCUT2D eigenvalue weighted by Crippen LogP contribution is -2.52. The second kappa shape index (κ2) is 15.2. The number of thiol groups is 1. The molecule has 0 heterocycles. The predicted molar refractivity (Wildman–Crippen MR) is 114 cm³/mol. The second-order valence-electron chi connectivity index (χ2n) is 5.87. The van der Waals surface area contributed by atoms with Gasteiger partial charge in [0, 0.05) is 0 Å². The minimum absolute atomic E-state index is 0.437. The summed E-state index contributed by atoms with van der Waals surface area (Å²) in [6.07, 6.45) is 11.2. The zero-order valence-corrected chi connectivity index (χ0v) is 19.0. The highest BCUT2D eigenvalue weighted by Crippen LogP contribution is 2.39. The van der Waals surface area contributed by atoms with Crippen molar-refractivity contribution < 1.29 is 0 Å². The summed E-state index contributed by atoms with van der Waals surface area (Å²) < 4.78 is 0. The lowest BCUT2D eigenvalue weighted by atomic mass is 9.97. The fourth-order valence-electron chi connectivity index (χ4n) is 2.30. The molecule has 0 radical (unpaired) electrons. The Morgan fingerprint density at radius 1 is 0.522 bits per heavy atom. The Labute approximate surface area is 177 Å². The molecule has 1 rings (SSSR count). The number of halogens is 6. The summed E-state index contributed by atoms with van der Waals surface area (Å²) in [4.78, 5) is 0. The highest BCUT2D eigenvalue weighted by atomic mass is 35.5. The number of hydrogen-bond acceptors (Lipinski definition) is 1. The van der Waals surface area contributed by atoms with E-state index < -0.39 is 32.3 Å². The van der Waals surface area contributed by atoms with Gasteiger partial charge in [-0.2, -0.15) is 12.6 Å². The van der Waals surface area contributed by atoms with Gasteiger partial charge in [0.05, 0.1) is 32.3 Å². The molecule has 0 atom stereocenters. The highest BCUT2D eigenvalue weighted by Gasteiger charge is 2.46. The number of unbranched alkanes of at least 4 members (excludes halogenated alkanes) is 7. The van der Waals surface area contributed by atoms with Crippen LogP contribution in [0.5, 0.6) is 0 Å². The van der Waals surface area contributed by atoms with Gasteiger partial charge in [-0.15, -0.1) is 69.6 Å². The van der Waals surface area contributed by atoms with Crippen molar-refractivity contribution in [1.82, 2.24) is 0 Å². The zero-order valence-electron chi connectivity index (χ0n) is 13.5. The van der Waals surface area contributed by atoms with Crippen LogP contribution in [0.15, 0.2) is 0 Å². The third kappa shape index (κ3) is 10.1. The van der Waals surface area contributed by atoms with Crippen molar-refractivity contribution in [2.75, 3.05) is 5.75 Å². The Kier molecular flexibility index (Phi) is 16.6. The average Bonchev–Trinajstić information content (AvgIpc) is 2.56. The van der Waals surface area contributed by atoms with E-state index in [2.05, 4.69) is 19.6 Å². The van der Waals surface area contributed by atoms with E-state index in [1.165, 1.54) is 51.4 Å². The molecule has 7 heteroatoms. The van der Waals surface area contributed by atoms with E-state index in [1.54, 1.807) is 0 Å². The Morgan fingerprint density at radius 3 is 1.04 bits per heavy atom. The molecule has 0 aromatic carbocycles. The van der Waals surface area contributed by atoms with Gasteiger partial charge >= 0.3 is 0 Å². The van der Waals surface area contributed by atoms with Gasteiger partial charge in [0.1, 0.15) is 0 Å². The Morgan fingerprint density at radius 2 is 0.783 bits per heavy atom. The Bertz CT molecular complexity index is 215. The molecule has 0 N–H and O–H groups in total. The van der Waals surface area contributed by atoms with E-state index in [4.69, 9.17) is 69.6 Å². The third-order valence-electron chi connectivity index (χ3n) is 3.84. The van der Waals surface area contributed by atoms with E-state index in [9.17, 15) is 0 Å². The van der Waals surface area contributed by atoms with E-state index >= 15 is 0 Å². The van der Waals surface area contributed by atoms with Crippen LogP contribution in [0.25, 0.3) is 0 Å². The summed E-state index contributed by atoms with van der Waals surface area (Å²) in [5.41, 5.74) is 0. The van der Waals surface area contributed by atoms with Crippen LogP contribution >= 0.6 is 82.2 Å². The fraction of sp³-hybridized carbons (Fsp3) is 1.00. The molecule has 0 spiro atoms. The summed E-state index contributed by atoms with van der Waals surface area (Å²) in [5.74, 6) is 1.06. The maximum atomic E-state index is 5.88. The molecule has 140 valence electrons. The zero-order chi connectivity index (χ0) is 17.8. The monoisotopic (exact) mass is 462 g/mol. The van der Waals surface area contributed by atoms with Crippen molar-refractivity contribution in [3.8, 4) is 0 Å². The lowest BCUT2D eigenvalue weighted by molar-refractivity contribution is 0.544. The van der Waals surface area contributed by atoms with Crippen LogP contribution in [0.4, 0.5) is 0 Å². The summed E-state index contributed by atoms with van der Waals surface area (Å²) in [6, 6.07) is 0. The highest BCUT2D eigenvalue weighted by molar-refractivity contribution is 7.80. The van der Waals surface area contributed by atoms with Gasteiger partial charge in [-0.1, -0.05) is 51.9 Å². The van der Waals surface area contributed by atoms with Crippen molar-refractivity contribution in [2.45, 2.75) is 90.6 Å². The summed E-state index contributed by atoms with van der Waals surface area (Å²) in [6.45, 7) is 2.26. The molecule has 1 aliphatic rings. The molecule has 0 aliphatic heterocycles. The van der Waals surface area contributed by atoms with Crippen molar-refractivity contribution in [2.24, 2.45) is 0 Å². The molecule has 0 aromatic heterocycles. The Hall–Kier alpha value is 2.09. The first-order chi connectivity index (χ1) is 10.9. The first-order valence-electron chi connectivity index (χ1n) is 8.33. The molecular weight excluding hydrogens is 437 g/mol. The van der Waals surface area contributed by atoms with E-state index in [-0.39, 0.29) is 0 Å². The molecule has 1 aliphatic carbocycles. The van der Waals surface area contributed by atoms with Crippen LogP contribution in [0.1, 0.15) is 58.3 Å². The third-order valence-corrected chi connectivity index (χ3v) is 8.18. The number of hydrogen-bond donors (Lipinski definition) is 1. The quantitative estimate of drug-likeness (QED) is 0.212. The van der Waals surface area contributed by atoms with Crippen LogP contribution < -0.4 is 0 Å². The first-order valence-corrected chi connectivity index (χ1v) is 11.6. The van der Waals surface area contributed by atoms with Gasteiger partial charge in [0.25, 0.3) is 0 Å². The standard InChI is InChI=1S/C10H22S.C6H6Cl6/c1-2-3-4-5-6-7-8-9-10-11;7-1-2(8)4(10)6(12)5(11)3(1)9/h11H,2-10H2,1H3;1-6H/t;1-,2-,3-,4+,5+,6+. The minimum Gasteiger partial charge on any atom is -0.179 e. The molecule has 0 aromatic rings. The van der Waals surface area contributed by atoms with Crippen molar-refractivity contribution in [3.05, 3.63) is 0 Å². The molecule has 0 amide bonds. The van der Waals surface area contributed by atoms with Crippen LogP contribution in [0.3, 0.4) is 0 Å². The van der Waals surface area contributed by atoms with E-state index in [0.29, 0.717) is 0 Å². The first kappa shape index (κ1) is 25.1. The topological polar surface area (TPSA) is 0 Å². The fourth-order valence-corrected chi connectivity index (χ4v) is 4.85. The van der Waals surface area contributed by atoms with Crippen LogP contribution in [-0.2, 0) is 0 Å². The molecule has 1 fully saturated rings. The molecule has 23 heavy (non-hydrogen) atoms. The normalized spacial score (nSPS) is 33.9. The lowest BCUT2D eigenvalue weighted by Gasteiger charge is -2.37. The summed E-state index contributed by atoms with van der Waals surface area (Å²) in [5, 5.41) is -2.62. The van der Waals surface area contributed by atoms with E-state index in [0.717, 1.165) is 5.75 Å². The number of alkyl halides is 6. The van der Waals surface area contributed by atoms with Crippen LogP contribution in [-0.4, -0.2) is 38.0 Å². The van der Waals surface area contributed by atoms with Gasteiger partial charge in [-0.3, -0.25) is 0 Å². The van der Waals surface area contributed by atoms with Gasteiger partial charge in [0.2, 0.25) is 0 Å².